The average molecular weight is 265 g/mol. The Morgan fingerprint density at radius 3 is 2.83 bits per heavy atom. The molecule has 1 heterocycles. The molecular formula is C13H13ClN2O2. The van der Waals surface area contributed by atoms with Crippen LogP contribution in [0.4, 0.5) is 5.69 Å². The molecule has 0 atom stereocenters. The van der Waals surface area contributed by atoms with Crippen molar-refractivity contribution >= 4 is 23.2 Å². The summed E-state index contributed by atoms with van der Waals surface area (Å²) in [7, 11) is 0. The van der Waals surface area contributed by atoms with Crippen LogP contribution in [0, 0.1) is 6.92 Å². The van der Waals surface area contributed by atoms with E-state index in [1.54, 1.807) is 18.2 Å². The third-order valence-electron chi connectivity index (χ3n) is 2.48. The van der Waals surface area contributed by atoms with Crippen LogP contribution in [0.2, 0.25) is 5.02 Å². The first-order valence-corrected chi connectivity index (χ1v) is 5.82. The molecule has 0 spiro atoms. The summed E-state index contributed by atoms with van der Waals surface area (Å²) in [5, 5.41) is 3.20. The second kappa shape index (κ2) is 5.14. The van der Waals surface area contributed by atoms with E-state index in [-0.39, 0.29) is 5.91 Å². The highest BCUT2D eigenvalue weighted by Gasteiger charge is 2.10. The minimum Gasteiger partial charge on any atom is -0.465 e. The van der Waals surface area contributed by atoms with Gasteiger partial charge in [-0.1, -0.05) is 11.6 Å². The number of hydrogen-bond acceptors (Lipinski definition) is 3. The van der Waals surface area contributed by atoms with Gasteiger partial charge in [0.1, 0.15) is 11.5 Å². The molecule has 0 fully saturated rings. The molecule has 0 aliphatic carbocycles. The summed E-state index contributed by atoms with van der Waals surface area (Å²) < 4.78 is 5.35. The van der Waals surface area contributed by atoms with Gasteiger partial charge in [-0.15, -0.1) is 0 Å². The van der Waals surface area contributed by atoms with Gasteiger partial charge >= 0.3 is 0 Å². The topological polar surface area (TPSA) is 68.3 Å². The molecule has 2 aromatic rings. The quantitative estimate of drug-likeness (QED) is 0.838. The number of nitrogen functional groups attached to an aromatic ring is 1. The highest BCUT2D eigenvalue weighted by Crippen LogP contribution is 2.18. The Morgan fingerprint density at radius 1 is 1.39 bits per heavy atom. The van der Waals surface area contributed by atoms with Crippen molar-refractivity contribution in [2.24, 2.45) is 0 Å². The summed E-state index contributed by atoms with van der Waals surface area (Å²) in [4.78, 5) is 11.9. The Hall–Kier alpha value is -1.94. The predicted molar refractivity (Wildman–Crippen MR) is 70.5 cm³/mol. The molecule has 0 bridgehead atoms. The number of carbonyl (C=O) groups is 1. The van der Waals surface area contributed by atoms with Crippen LogP contribution < -0.4 is 11.1 Å². The molecule has 1 aromatic heterocycles. The molecule has 0 aliphatic rings. The van der Waals surface area contributed by atoms with Gasteiger partial charge in [0.15, 0.2) is 0 Å². The van der Waals surface area contributed by atoms with Crippen LogP contribution in [0.25, 0.3) is 0 Å². The molecule has 4 nitrogen and oxygen atoms in total. The Bertz CT molecular complexity index is 578. The third kappa shape index (κ3) is 2.84. The number of hydrogen-bond donors (Lipinski definition) is 2. The zero-order valence-electron chi connectivity index (χ0n) is 9.87. The van der Waals surface area contributed by atoms with Crippen molar-refractivity contribution in [2.75, 3.05) is 5.73 Å². The molecule has 0 unspecified atom stereocenters. The van der Waals surface area contributed by atoms with Gasteiger partial charge < -0.3 is 15.5 Å². The molecule has 0 saturated heterocycles. The summed E-state index contributed by atoms with van der Waals surface area (Å²) >= 11 is 5.83. The van der Waals surface area contributed by atoms with Gasteiger partial charge in [-0.25, -0.2) is 0 Å². The number of halogens is 1. The first kappa shape index (κ1) is 12.5. The van der Waals surface area contributed by atoms with Gasteiger partial charge in [0, 0.05) is 10.7 Å². The molecule has 18 heavy (non-hydrogen) atoms. The van der Waals surface area contributed by atoms with Crippen molar-refractivity contribution in [3.05, 3.63) is 52.4 Å². The lowest BCUT2D eigenvalue weighted by Gasteiger charge is -2.06. The maximum atomic E-state index is 11.9. The Labute approximate surface area is 110 Å². The summed E-state index contributed by atoms with van der Waals surface area (Å²) in [6.45, 7) is 2.17. The zero-order chi connectivity index (χ0) is 13.1. The van der Waals surface area contributed by atoms with Crippen molar-refractivity contribution in [3.8, 4) is 0 Å². The third-order valence-corrected chi connectivity index (χ3v) is 2.71. The van der Waals surface area contributed by atoms with Crippen molar-refractivity contribution in [1.29, 1.82) is 0 Å². The van der Waals surface area contributed by atoms with Gasteiger partial charge in [0.25, 0.3) is 5.91 Å². The maximum Gasteiger partial charge on any atom is 0.253 e. The van der Waals surface area contributed by atoms with Crippen LogP contribution in [0.3, 0.4) is 0 Å². The Morgan fingerprint density at radius 2 is 2.17 bits per heavy atom. The normalized spacial score (nSPS) is 10.3. The first-order chi connectivity index (χ1) is 8.56. The Balaban J connectivity index is 2.05. The summed E-state index contributed by atoms with van der Waals surface area (Å²) in [6.07, 6.45) is 0. The van der Waals surface area contributed by atoms with Gasteiger partial charge in [-0.2, -0.15) is 0 Å². The first-order valence-electron chi connectivity index (χ1n) is 5.45. The van der Waals surface area contributed by atoms with Gasteiger partial charge in [-0.3, -0.25) is 4.79 Å². The fourth-order valence-corrected chi connectivity index (χ4v) is 1.74. The molecule has 0 aliphatic heterocycles. The lowest BCUT2D eigenvalue weighted by molar-refractivity contribution is 0.0949. The van der Waals surface area contributed by atoms with E-state index >= 15 is 0 Å². The van der Waals surface area contributed by atoms with Crippen molar-refractivity contribution in [3.63, 3.8) is 0 Å². The molecule has 0 radical (unpaired) electrons. The highest BCUT2D eigenvalue weighted by molar-refractivity contribution is 6.31. The number of benzene rings is 1. The number of amides is 1. The van der Waals surface area contributed by atoms with Crippen LogP contribution in [0.15, 0.2) is 34.7 Å². The number of furan rings is 1. The lowest BCUT2D eigenvalue weighted by Crippen LogP contribution is -2.23. The summed E-state index contributed by atoms with van der Waals surface area (Å²) in [5.74, 6) is 1.23. The van der Waals surface area contributed by atoms with Gasteiger partial charge in [-0.05, 0) is 37.3 Å². The van der Waals surface area contributed by atoms with Crippen molar-refractivity contribution in [2.45, 2.75) is 13.5 Å². The largest absolute Gasteiger partial charge is 0.465 e. The number of rotatable bonds is 3. The minimum atomic E-state index is -0.274. The van der Waals surface area contributed by atoms with E-state index in [1.165, 1.54) is 0 Å². The van der Waals surface area contributed by atoms with Gasteiger partial charge in [0.05, 0.1) is 12.1 Å². The van der Waals surface area contributed by atoms with E-state index in [4.69, 9.17) is 21.8 Å². The molecule has 5 heteroatoms. The number of nitrogens with two attached hydrogens (primary N) is 1. The highest BCUT2D eigenvalue weighted by atomic mass is 35.5. The van der Waals surface area contributed by atoms with Crippen LogP contribution in [0.5, 0.6) is 0 Å². The number of anilines is 1. The van der Waals surface area contributed by atoms with Crippen LogP contribution in [0.1, 0.15) is 21.9 Å². The molecule has 0 saturated carbocycles. The van der Waals surface area contributed by atoms with E-state index in [9.17, 15) is 4.79 Å². The maximum absolute atomic E-state index is 11.9. The molecule has 2 rings (SSSR count). The summed E-state index contributed by atoms with van der Waals surface area (Å²) in [5.41, 5.74) is 6.48. The lowest BCUT2D eigenvalue weighted by atomic mass is 10.1. The predicted octanol–water partition coefficient (Wildman–Crippen LogP) is 2.75. The monoisotopic (exact) mass is 264 g/mol. The van der Waals surface area contributed by atoms with Crippen molar-refractivity contribution < 1.29 is 9.21 Å². The SMILES string of the molecule is Cc1ccc(CNC(=O)c2cc(Cl)ccc2N)o1. The number of aryl methyl sites for hydroxylation is 1. The van der Waals surface area contributed by atoms with E-state index in [0.29, 0.717) is 28.6 Å². The smallest absolute Gasteiger partial charge is 0.253 e. The standard InChI is InChI=1S/C13H13ClN2O2/c1-8-2-4-10(18-8)7-16-13(17)11-6-9(14)3-5-12(11)15/h2-6H,7,15H2,1H3,(H,16,17). The second-order valence-electron chi connectivity index (χ2n) is 3.93. The average Bonchev–Trinajstić information content (AvgIpc) is 2.75. The fourth-order valence-electron chi connectivity index (χ4n) is 1.57. The fraction of sp³-hybridized carbons (Fsp3) is 0.154. The molecular weight excluding hydrogens is 252 g/mol. The van der Waals surface area contributed by atoms with Crippen molar-refractivity contribution in [1.82, 2.24) is 5.32 Å². The van der Waals surface area contributed by atoms with E-state index in [1.807, 2.05) is 19.1 Å². The number of nitrogens with one attached hydrogen (secondary N) is 1. The molecule has 3 N–H and O–H groups in total. The van der Waals surface area contributed by atoms with E-state index in [2.05, 4.69) is 5.32 Å². The van der Waals surface area contributed by atoms with Gasteiger partial charge in [0.2, 0.25) is 0 Å². The van der Waals surface area contributed by atoms with E-state index < -0.39 is 0 Å². The second-order valence-corrected chi connectivity index (χ2v) is 4.36. The molecule has 94 valence electrons. The minimum absolute atomic E-state index is 0.274. The molecule has 1 aromatic carbocycles. The summed E-state index contributed by atoms with van der Waals surface area (Å²) in [6, 6.07) is 8.45. The number of carbonyl (C=O) groups excluding carboxylic acids is 1. The zero-order valence-corrected chi connectivity index (χ0v) is 10.6. The van der Waals surface area contributed by atoms with Crippen LogP contribution in [-0.4, -0.2) is 5.91 Å². The van der Waals surface area contributed by atoms with Crippen LogP contribution >= 0.6 is 11.6 Å². The molecule has 1 amide bonds. The Kier molecular flexibility index (Phi) is 3.58. The van der Waals surface area contributed by atoms with E-state index in [0.717, 1.165) is 5.76 Å². The van der Waals surface area contributed by atoms with Crippen LogP contribution in [-0.2, 0) is 6.54 Å².